The Kier molecular flexibility index (Phi) is 4.65. The molecule has 0 radical (unpaired) electrons. The van der Waals surface area contributed by atoms with Gasteiger partial charge in [-0.05, 0) is 12.1 Å². The van der Waals surface area contributed by atoms with Gasteiger partial charge in [0.1, 0.15) is 11.4 Å². The number of piperazine rings is 1. The number of hydrogen-bond acceptors (Lipinski definition) is 5. The molecular formula is C20H19N5O2. The lowest BCUT2D eigenvalue weighted by molar-refractivity contribution is 0.0741. The Hall–Kier alpha value is -3.48. The third-order valence-electron chi connectivity index (χ3n) is 4.63. The molecule has 27 heavy (non-hydrogen) atoms. The third kappa shape index (κ3) is 3.57. The van der Waals surface area contributed by atoms with Gasteiger partial charge in [0.2, 0.25) is 0 Å². The fraction of sp³-hybridized carbons (Fsp3) is 0.200. The first-order chi connectivity index (χ1) is 13.2. The summed E-state index contributed by atoms with van der Waals surface area (Å²) in [6.07, 6.45) is 1.62. The minimum absolute atomic E-state index is 0.0671. The number of aromatic amines is 1. The number of nitrogens with one attached hydrogen (secondary N) is 1. The van der Waals surface area contributed by atoms with Gasteiger partial charge in [0.25, 0.3) is 11.5 Å². The lowest BCUT2D eigenvalue weighted by Gasteiger charge is -2.36. The summed E-state index contributed by atoms with van der Waals surface area (Å²) in [6.45, 7) is 2.39. The molecule has 3 heterocycles. The molecule has 1 aliphatic rings. The molecule has 4 rings (SSSR count). The summed E-state index contributed by atoms with van der Waals surface area (Å²) in [6, 6.07) is 16.6. The molecule has 1 N–H and O–H groups in total. The van der Waals surface area contributed by atoms with E-state index >= 15 is 0 Å². The van der Waals surface area contributed by atoms with Crippen molar-refractivity contribution in [2.75, 3.05) is 31.1 Å². The highest BCUT2D eigenvalue weighted by atomic mass is 16.2. The topological polar surface area (TPSA) is 82.2 Å². The normalized spacial score (nSPS) is 14.2. The van der Waals surface area contributed by atoms with Crippen molar-refractivity contribution in [3.63, 3.8) is 0 Å². The molecule has 1 fully saturated rings. The number of benzene rings is 1. The Morgan fingerprint density at radius 3 is 2.41 bits per heavy atom. The second kappa shape index (κ2) is 7.41. The number of hydrogen-bond donors (Lipinski definition) is 1. The summed E-state index contributed by atoms with van der Waals surface area (Å²) in [5.41, 5.74) is 2.68. The van der Waals surface area contributed by atoms with Crippen LogP contribution in [0.2, 0.25) is 0 Å². The molecule has 0 aliphatic carbocycles. The van der Waals surface area contributed by atoms with Crippen LogP contribution in [0.4, 0.5) is 5.69 Å². The van der Waals surface area contributed by atoms with E-state index in [1.54, 1.807) is 29.3 Å². The predicted octanol–water partition coefficient (Wildman–Crippen LogP) is 1.79. The molecule has 0 saturated carbocycles. The Labute approximate surface area is 156 Å². The van der Waals surface area contributed by atoms with Gasteiger partial charge in [-0.2, -0.15) is 5.10 Å². The number of pyridine rings is 1. The summed E-state index contributed by atoms with van der Waals surface area (Å²) < 4.78 is 0. The van der Waals surface area contributed by atoms with Crippen LogP contribution in [0, 0.1) is 0 Å². The van der Waals surface area contributed by atoms with Gasteiger partial charge in [-0.15, -0.1) is 0 Å². The van der Waals surface area contributed by atoms with Crippen LogP contribution < -0.4 is 10.5 Å². The van der Waals surface area contributed by atoms with Gasteiger partial charge in [0.05, 0.1) is 5.69 Å². The number of carbonyl (C=O) groups is 1. The highest BCUT2D eigenvalue weighted by Crippen LogP contribution is 2.27. The van der Waals surface area contributed by atoms with Crippen LogP contribution in [0.25, 0.3) is 11.3 Å². The molecule has 0 bridgehead atoms. The summed E-state index contributed by atoms with van der Waals surface area (Å²) in [4.78, 5) is 32.5. The number of aromatic nitrogens is 3. The number of nitrogens with zero attached hydrogens (tertiary/aromatic N) is 4. The molecule has 2 aromatic heterocycles. The van der Waals surface area contributed by atoms with Crippen molar-refractivity contribution < 1.29 is 4.79 Å². The minimum Gasteiger partial charge on any atom is -0.366 e. The Morgan fingerprint density at radius 1 is 0.963 bits per heavy atom. The number of H-pyrrole nitrogens is 1. The van der Waals surface area contributed by atoms with Crippen molar-refractivity contribution in [1.82, 2.24) is 20.1 Å². The Bertz CT molecular complexity index is 980. The standard InChI is InChI=1S/C20H19N5O2/c26-18-14-17(19(23-22-18)15-6-2-1-3-7-15)24-10-12-25(13-11-24)20(27)16-8-4-5-9-21-16/h1-9,14H,10-13H2,(H,22,26). The van der Waals surface area contributed by atoms with Gasteiger partial charge in [0.15, 0.2) is 0 Å². The van der Waals surface area contributed by atoms with Crippen LogP contribution in [-0.2, 0) is 0 Å². The van der Waals surface area contributed by atoms with Crippen molar-refractivity contribution in [3.8, 4) is 11.3 Å². The second-order valence-electron chi connectivity index (χ2n) is 6.33. The first-order valence-electron chi connectivity index (χ1n) is 8.83. The quantitative estimate of drug-likeness (QED) is 0.769. The molecule has 1 saturated heterocycles. The molecule has 7 nitrogen and oxygen atoms in total. The molecule has 0 unspecified atom stereocenters. The van der Waals surface area contributed by atoms with E-state index in [4.69, 9.17) is 0 Å². The van der Waals surface area contributed by atoms with E-state index in [0.29, 0.717) is 31.9 Å². The SMILES string of the molecule is O=C(c1ccccn1)N1CCN(c2cc(=O)[nH]nc2-c2ccccc2)CC1. The van der Waals surface area contributed by atoms with E-state index in [1.165, 1.54) is 0 Å². The summed E-state index contributed by atoms with van der Waals surface area (Å²) in [7, 11) is 0. The van der Waals surface area contributed by atoms with E-state index in [0.717, 1.165) is 16.9 Å². The van der Waals surface area contributed by atoms with Crippen molar-refractivity contribution in [3.05, 3.63) is 76.8 Å². The van der Waals surface area contributed by atoms with Crippen LogP contribution in [0.3, 0.4) is 0 Å². The molecule has 0 atom stereocenters. The largest absolute Gasteiger partial charge is 0.366 e. The Balaban J connectivity index is 1.54. The lowest BCUT2D eigenvalue weighted by Crippen LogP contribution is -2.49. The summed E-state index contributed by atoms with van der Waals surface area (Å²) in [5.74, 6) is -0.0671. The fourth-order valence-corrected chi connectivity index (χ4v) is 3.24. The van der Waals surface area contributed by atoms with E-state index in [2.05, 4.69) is 20.1 Å². The number of carbonyl (C=O) groups excluding carboxylic acids is 1. The first kappa shape index (κ1) is 17.0. The van der Waals surface area contributed by atoms with Gasteiger partial charge < -0.3 is 9.80 Å². The molecule has 1 amide bonds. The van der Waals surface area contributed by atoms with Gasteiger partial charge in [-0.25, -0.2) is 5.10 Å². The van der Waals surface area contributed by atoms with Crippen molar-refractivity contribution in [2.45, 2.75) is 0 Å². The van der Waals surface area contributed by atoms with Crippen molar-refractivity contribution in [2.24, 2.45) is 0 Å². The average Bonchev–Trinajstić information content (AvgIpc) is 2.74. The van der Waals surface area contributed by atoms with Crippen LogP contribution in [0.5, 0.6) is 0 Å². The molecule has 1 aliphatic heterocycles. The van der Waals surface area contributed by atoms with Crippen LogP contribution in [0.1, 0.15) is 10.5 Å². The maximum Gasteiger partial charge on any atom is 0.272 e. The molecule has 0 spiro atoms. The molecule has 7 heteroatoms. The van der Waals surface area contributed by atoms with Gasteiger partial charge >= 0.3 is 0 Å². The highest BCUT2D eigenvalue weighted by molar-refractivity contribution is 5.92. The zero-order chi connectivity index (χ0) is 18.6. The summed E-state index contributed by atoms with van der Waals surface area (Å²) >= 11 is 0. The van der Waals surface area contributed by atoms with Crippen LogP contribution in [0.15, 0.2) is 65.6 Å². The predicted molar refractivity (Wildman–Crippen MR) is 103 cm³/mol. The van der Waals surface area contributed by atoms with E-state index in [9.17, 15) is 9.59 Å². The second-order valence-corrected chi connectivity index (χ2v) is 6.33. The molecule has 136 valence electrons. The van der Waals surface area contributed by atoms with Crippen molar-refractivity contribution in [1.29, 1.82) is 0 Å². The maximum atomic E-state index is 12.6. The molecule has 1 aromatic carbocycles. The zero-order valence-electron chi connectivity index (χ0n) is 14.7. The van der Waals surface area contributed by atoms with Crippen LogP contribution >= 0.6 is 0 Å². The first-order valence-corrected chi connectivity index (χ1v) is 8.83. The average molecular weight is 361 g/mol. The van der Waals surface area contributed by atoms with Gasteiger partial charge in [-0.1, -0.05) is 36.4 Å². The number of rotatable bonds is 3. The smallest absolute Gasteiger partial charge is 0.272 e. The number of amides is 1. The molecular weight excluding hydrogens is 342 g/mol. The monoisotopic (exact) mass is 361 g/mol. The highest BCUT2D eigenvalue weighted by Gasteiger charge is 2.25. The van der Waals surface area contributed by atoms with E-state index in [1.807, 2.05) is 36.4 Å². The molecule has 3 aromatic rings. The minimum atomic E-state index is -0.239. The zero-order valence-corrected chi connectivity index (χ0v) is 14.7. The van der Waals surface area contributed by atoms with E-state index in [-0.39, 0.29) is 11.5 Å². The van der Waals surface area contributed by atoms with Gasteiger partial charge in [-0.3, -0.25) is 14.6 Å². The van der Waals surface area contributed by atoms with Crippen molar-refractivity contribution >= 4 is 11.6 Å². The fourth-order valence-electron chi connectivity index (χ4n) is 3.24. The third-order valence-corrected chi connectivity index (χ3v) is 4.63. The summed E-state index contributed by atoms with van der Waals surface area (Å²) in [5, 5.41) is 6.78. The van der Waals surface area contributed by atoms with Gasteiger partial charge in [0, 0.05) is 44.0 Å². The Morgan fingerprint density at radius 2 is 1.70 bits per heavy atom. The lowest BCUT2D eigenvalue weighted by atomic mass is 10.1. The van der Waals surface area contributed by atoms with Crippen LogP contribution in [-0.4, -0.2) is 52.2 Å². The maximum absolute atomic E-state index is 12.6. The number of anilines is 1. The van der Waals surface area contributed by atoms with E-state index < -0.39 is 0 Å².